The van der Waals surface area contributed by atoms with Crippen LogP contribution in [0, 0.1) is 0 Å². The van der Waals surface area contributed by atoms with Gasteiger partial charge in [-0.2, -0.15) is 0 Å². The van der Waals surface area contributed by atoms with Crippen molar-refractivity contribution >= 4 is 18.3 Å². The van der Waals surface area contributed by atoms with Crippen molar-refractivity contribution in [2.24, 2.45) is 0 Å². The van der Waals surface area contributed by atoms with Crippen molar-refractivity contribution in [3.63, 3.8) is 0 Å². The first kappa shape index (κ1) is 34.1. The fraction of sp³-hybridized carbons (Fsp3) is 0.700. The van der Waals surface area contributed by atoms with Crippen molar-refractivity contribution in [3.05, 3.63) is 33.4 Å². The summed E-state index contributed by atoms with van der Waals surface area (Å²) in [5.41, 5.74) is 4.18. The highest BCUT2D eigenvalue weighted by atomic mass is 16.6. The van der Waals surface area contributed by atoms with Gasteiger partial charge in [0.2, 0.25) is 0 Å². The van der Waals surface area contributed by atoms with Crippen molar-refractivity contribution in [2.75, 3.05) is 0 Å². The zero-order valence-electron chi connectivity index (χ0n) is 26.2. The number of nitrogens with one attached hydrogen (secondary N) is 3. The first-order chi connectivity index (χ1) is 17.8. The molecule has 0 fully saturated rings. The number of rotatable bonds is 9. The van der Waals surface area contributed by atoms with Crippen molar-refractivity contribution in [2.45, 2.75) is 139 Å². The number of amides is 3. The Bertz CT molecular complexity index is 864. The van der Waals surface area contributed by atoms with E-state index in [2.05, 4.69) is 36.7 Å². The van der Waals surface area contributed by atoms with Gasteiger partial charge in [-0.15, -0.1) is 0 Å². The molecule has 0 spiro atoms. The summed E-state index contributed by atoms with van der Waals surface area (Å²) < 4.78 is 16.4. The minimum Gasteiger partial charge on any atom is -0.444 e. The smallest absolute Gasteiger partial charge is 0.407 e. The molecule has 0 radical (unpaired) electrons. The summed E-state index contributed by atoms with van der Waals surface area (Å²) in [5.74, 6) is 0. The summed E-state index contributed by atoms with van der Waals surface area (Å²) in [6.45, 7) is 23.3. The Balaban J connectivity index is 3.59. The Kier molecular flexibility index (Phi) is 12.1. The lowest BCUT2D eigenvalue weighted by Crippen LogP contribution is -2.35. The quantitative estimate of drug-likeness (QED) is 0.305. The van der Waals surface area contributed by atoms with Crippen LogP contribution in [0.4, 0.5) is 14.4 Å². The van der Waals surface area contributed by atoms with Crippen LogP contribution in [0.3, 0.4) is 0 Å². The summed E-state index contributed by atoms with van der Waals surface area (Å²) in [4.78, 5) is 37.6. The normalized spacial score (nSPS) is 12.0. The molecule has 0 aliphatic rings. The maximum Gasteiger partial charge on any atom is 0.407 e. The fourth-order valence-electron chi connectivity index (χ4n) is 4.44. The monoisotopic (exact) mass is 549 g/mol. The van der Waals surface area contributed by atoms with Gasteiger partial charge in [-0.3, -0.25) is 0 Å². The van der Waals surface area contributed by atoms with Gasteiger partial charge in [0.05, 0.1) is 0 Å². The van der Waals surface area contributed by atoms with Gasteiger partial charge < -0.3 is 30.2 Å². The molecule has 3 amide bonds. The highest BCUT2D eigenvalue weighted by molar-refractivity contribution is 5.70. The van der Waals surface area contributed by atoms with E-state index in [0.717, 1.165) is 33.4 Å². The van der Waals surface area contributed by atoms with E-state index in [4.69, 9.17) is 14.2 Å². The van der Waals surface area contributed by atoms with Crippen LogP contribution in [-0.2, 0) is 53.1 Å². The predicted octanol–water partition coefficient (Wildman–Crippen LogP) is 6.45. The van der Waals surface area contributed by atoms with Crippen LogP contribution in [0.15, 0.2) is 0 Å². The van der Waals surface area contributed by atoms with Crippen LogP contribution in [0.2, 0.25) is 0 Å². The molecule has 0 aliphatic heterocycles. The van der Waals surface area contributed by atoms with Gasteiger partial charge >= 0.3 is 18.3 Å². The molecule has 1 aromatic rings. The molecule has 9 heteroatoms. The zero-order chi connectivity index (χ0) is 30.2. The maximum absolute atomic E-state index is 12.5. The third-order valence-corrected chi connectivity index (χ3v) is 5.67. The van der Waals surface area contributed by atoms with Crippen LogP contribution < -0.4 is 16.0 Å². The van der Waals surface area contributed by atoms with Crippen molar-refractivity contribution < 1.29 is 28.6 Å². The highest BCUT2D eigenvalue weighted by Gasteiger charge is 2.25. The molecule has 9 nitrogen and oxygen atoms in total. The number of ether oxygens (including phenoxy) is 3. The lowest BCUT2D eigenvalue weighted by atomic mass is 9.83. The van der Waals surface area contributed by atoms with E-state index in [9.17, 15) is 14.4 Å². The molecule has 1 rings (SSSR count). The number of hydrogen-bond donors (Lipinski definition) is 3. The van der Waals surface area contributed by atoms with Crippen molar-refractivity contribution in [1.29, 1.82) is 0 Å². The lowest BCUT2D eigenvalue weighted by molar-refractivity contribution is 0.0513. The summed E-state index contributed by atoms with van der Waals surface area (Å²) in [7, 11) is 0. The second kappa shape index (κ2) is 13.9. The maximum atomic E-state index is 12.5. The minimum absolute atomic E-state index is 0.254. The molecule has 0 atom stereocenters. The van der Waals surface area contributed by atoms with E-state index in [-0.39, 0.29) is 19.6 Å². The summed E-state index contributed by atoms with van der Waals surface area (Å²) in [5, 5.41) is 8.71. The molecule has 3 N–H and O–H groups in total. The van der Waals surface area contributed by atoms with Crippen LogP contribution >= 0.6 is 0 Å². The third-order valence-electron chi connectivity index (χ3n) is 5.67. The Morgan fingerprint density at radius 2 is 0.667 bits per heavy atom. The predicted molar refractivity (Wildman–Crippen MR) is 154 cm³/mol. The molecule has 0 heterocycles. The van der Waals surface area contributed by atoms with Crippen molar-refractivity contribution in [3.8, 4) is 0 Å². The Morgan fingerprint density at radius 1 is 0.462 bits per heavy atom. The molecule has 0 saturated heterocycles. The highest BCUT2D eigenvalue weighted by Crippen LogP contribution is 2.31. The van der Waals surface area contributed by atoms with Crippen LogP contribution in [0.25, 0.3) is 0 Å². The van der Waals surface area contributed by atoms with E-state index in [0.29, 0.717) is 19.3 Å². The first-order valence-electron chi connectivity index (χ1n) is 13.9. The van der Waals surface area contributed by atoms with Gasteiger partial charge in [-0.1, -0.05) is 20.8 Å². The number of benzene rings is 1. The molecule has 39 heavy (non-hydrogen) atoms. The van der Waals surface area contributed by atoms with Crippen LogP contribution in [0.5, 0.6) is 0 Å². The summed E-state index contributed by atoms with van der Waals surface area (Å²) in [6.07, 6.45) is 0.553. The van der Waals surface area contributed by atoms with E-state index < -0.39 is 35.1 Å². The second-order valence-corrected chi connectivity index (χ2v) is 12.5. The average Bonchev–Trinajstić information content (AvgIpc) is 2.75. The van der Waals surface area contributed by atoms with Crippen LogP contribution in [0.1, 0.15) is 116 Å². The number of carbonyl (C=O) groups excluding carboxylic acids is 3. The number of hydrogen-bond acceptors (Lipinski definition) is 6. The first-order valence-corrected chi connectivity index (χ1v) is 13.9. The average molecular weight is 550 g/mol. The molecule has 0 bridgehead atoms. The molecular formula is C30H51N3O6. The van der Waals surface area contributed by atoms with E-state index >= 15 is 0 Å². The fourth-order valence-corrected chi connectivity index (χ4v) is 4.44. The molecule has 1 aromatic carbocycles. The number of alkyl carbamates (subject to hydrolysis) is 3. The van der Waals surface area contributed by atoms with Gasteiger partial charge in [0.15, 0.2) is 0 Å². The van der Waals surface area contributed by atoms with Gasteiger partial charge in [0, 0.05) is 19.6 Å². The van der Waals surface area contributed by atoms with Crippen LogP contribution in [-0.4, -0.2) is 35.1 Å². The minimum atomic E-state index is -0.623. The van der Waals surface area contributed by atoms with Gasteiger partial charge in [-0.05, 0) is 115 Å². The SMILES string of the molecule is CCc1c(CNC(=O)OC(C)(C)C)c(CC)c(CNC(=O)OC(C)(C)C)c(CC)c1CNC(=O)OC(C)(C)C. The molecule has 222 valence electrons. The van der Waals surface area contributed by atoms with Gasteiger partial charge in [-0.25, -0.2) is 14.4 Å². The van der Waals surface area contributed by atoms with E-state index in [1.54, 1.807) is 0 Å². The lowest BCUT2D eigenvalue weighted by Gasteiger charge is -2.28. The second-order valence-electron chi connectivity index (χ2n) is 12.5. The largest absolute Gasteiger partial charge is 0.444 e. The summed E-state index contributed by atoms with van der Waals surface area (Å²) >= 11 is 0. The van der Waals surface area contributed by atoms with Crippen molar-refractivity contribution in [1.82, 2.24) is 16.0 Å². The molecular weight excluding hydrogens is 498 g/mol. The summed E-state index contributed by atoms with van der Waals surface area (Å²) in [6, 6.07) is 0. The van der Waals surface area contributed by atoms with E-state index in [1.807, 2.05) is 62.3 Å². The molecule has 0 unspecified atom stereocenters. The Hall–Kier alpha value is -2.97. The van der Waals surface area contributed by atoms with E-state index in [1.165, 1.54) is 0 Å². The molecule has 0 aromatic heterocycles. The Morgan fingerprint density at radius 3 is 0.821 bits per heavy atom. The Labute approximate surface area is 235 Å². The standard InChI is InChI=1S/C30H51N3O6/c1-13-19-22(16-31-25(34)37-28(4,5)6)20(14-2)24(18-33-27(36)39-30(10,11)12)21(15-3)23(19)17-32-26(35)38-29(7,8)9/h13-18H2,1-12H3,(H,31,34)(H,32,35)(H,33,36). The molecule has 0 aliphatic carbocycles. The molecule has 0 saturated carbocycles. The number of carbonyl (C=O) groups is 3. The zero-order valence-corrected chi connectivity index (χ0v) is 26.2. The van der Waals surface area contributed by atoms with Gasteiger partial charge in [0.25, 0.3) is 0 Å². The third kappa shape index (κ3) is 11.8. The van der Waals surface area contributed by atoms with Gasteiger partial charge in [0.1, 0.15) is 16.8 Å². The topological polar surface area (TPSA) is 115 Å².